The number of carbonyl (C=O) groups excluding carboxylic acids is 2. The first-order valence-corrected chi connectivity index (χ1v) is 3.85. The van der Waals surface area contributed by atoms with E-state index in [0.717, 1.165) is 0 Å². The fourth-order valence-electron chi connectivity index (χ4n) is 0.807. The van der Waals surface area contributed by atoms with Gasteiger partial charge in [-0.15, -0.1) is 0 Å². The number of hydrogen-bond acceptors (Lipinski definition) is 2. The van der Waals surface area contributed by atoms with Crippen LogP contribution < -0.4 is 0 Å². The van der Waals surface area contributed by atoms with Crippen molar-refractivity contribution in [1.29, 1.82) is 0 Å². The van der Waals surface area contributed by atoms with E-state index in [2.05, 4.69) is 0 Å². The van der Waals surface area contributed by atoms with Crippen LogP contribution in [-0.2, 0) is 9.59 Å². The second kappa shape index (κ2) is 4.39. The van der Waals surface area contributed by atoms with Crippen LogP contribution in [0.15, 0.2) is 0 Å². The molecule has 0 radical (unpaired) electrons. The summed E-state index contributed by atoms with van der Waals surface area (Å²) in [6, 6.07) is 0. The zero-order chi connectivity index (χ0) is 10.6. The van der Waals surface area contributed by atoms with Gasteiger partial charge in [0.05, 0.1) is 6.42 Å². The van der Waals surface area contributed by atoms with E-state index in [4.69, 9.17) is 0 Å². The van der Waals surface area contributed by atoms with Crippen LogP contribution in [0.1, 0.15) is 26.7 Å². The predicted octanol–water partition coefficient (Wildman–Crippen LogP) is 2.12. The van der Waals surface area contributed by atoms with Gasteiger partial charge in [-0.05, 0) is 5.92 Å². The Morgan fingerprint density at radius 3 is 2.00 bits per heavy atom. The molecule has 0 saturated carbocycles. The molecule has 0 saturated heterocycles. The molecule has 0 fully saturated rings. The van der Waals surface area contributed by atoms with E-state index in [1.165, 1.54) is 0 Å². The first-order chi connectivity index (χ1) is 5.73. The van der Waals surface area contributed by atoms with Gasteiger partial charge in [-0.25, -0.2) is 0 Å². The van der Waals surface area contributed by atoms with Gasteiger partial charge >= 0.3 is 6.18 Å². The molecule has 13 heavy (non-hydrogen) atoms. The Labute approximate surface area is 74.1 Å². The number of halogens is 3. The maximum Gasteiger partial charge on any atom is 0.450 e. The summed E-state index contributed by atoms with van der Waals surface area (Å²) in [5, 5.41) is 0. The maximum atomic E-state index is 11.6. The molecule has 76 valence electrons. The molecular formula is C8H11F3O2. The molecule has 0 atom stereocenters. The molecule has 0 amide bonds. The molecule has 0 aliphatic heterocycles. The number of Topliss-reactive ketones (excluding diaryl/α,β-unsaturated/α-hetero) is 2. The van der Waals surface area contributed by atoms with Crippen molar-refractivity contribution in [3.8, 4) is 0 Å². The highest BCUT2D eigenvalue weighted by Crippen LogP contribution is 2.18. The summed E-state index contributed by atoms with van der Waals surface area (Å²) in [6.45, 7) is 3.41. The van der Waals surface area contributed by atoms with E-state index >= 15 is 0 Å². The van der Waals surface area contributed by atoms with Crippen LogP contribution in [0.25, 0.3) is 0 Å². The Morgan fingerprint density at radius 1 is 1.23 bits per heavy atom. The molecule has 0 N–H and O–H groups in total. The molecule has 0 aliphatic carbocycles. The average Bonchev–Trinajstić information content (AvgIpc) is 1.82. The number of carbonyl (C=O) groups is 2. The zero-order valence-corrected chi connectivity index (χ0v) is 7.44. The van der Waals surface area contributed by atoms with Gasteiger partial charge in [0.1, 0.15) is 5.78 Å². The average molecular weight is 196 g/mol. The molecule has 0 aromatic heterocycles. The summed E-state index contributed by atoms with van der Waals surface area (Å²) in [6.07, 6.45) is -5.89. The van der Waals surface area contributed by atoms with Gasteiger partial charge in [0.15, 0.2) is 0 Å². The summed E-state index contributed by atoms with van der Waals surface area (Å²) in [5.41, 5.74) is 0. The Hall–Kier alpha value is -0.870. The van der Waals surface area contributed by atoms with Crippen molar-refractivity contribution in [2.75, 3.05) is 0 Å². The lowest BCUT2D eigenvalue weighted by Crippen LogP contribution is -2.25. The molecule has 0 bridgehead atoms. The summed E-state index contributed by atoms with van der Waals surface area (Å²) in [7, 11) is 0. The first kappa shape index (κ1) is 12.1. The van der Waals surface area contributed by atoms with Crippen molar-refractivity contribution in [1.82, 2.24) is 0 Å². The molecular weight excluding hydrogens is 185 g/mol. The molecule has 2 nitrogen and oxygen atoms in total. The minimum atomic E-state index is -4.88. The van der Waals surface area contributed by atoms with E-state index in [0.29, 0.717) is 0 Å². The van der Waals surface area contributed by atoms with Crippen LogP contribution in [-0.4, -0.2) is 17.7 Å². The van der Waals surface area contributed by atoms with Gasteiger partial charge in [0, 0.05) is 6.42 Å². The topological polar surface area (TPSA) is 34.1 Å². The lowest BCUT2D eigenvalue weighted by Gasteiger charge is -2.05. The fraction of sp³-hybridized carbons (Fsp3) is 0.750. The predicted molar refractivity (Wildman–Crippen MR) is 40.1 cm³/mol. The van der Waals surface area contributed by atoms with Gasteiger partial charge < -0.3 is 0 Å². The van der Waals surface area contributed by atoms with Gasteiger partial charge in [-0.2, -0.15) is 13.2 Å². The van der Waals surface area contributed by atoms with E-state index in [1.807, 2.05) is 0 Å². The third-order valence-electron chi connectivity index (χ3n) is 1.31. The maximum absolute atomic E-state index is 11.6. The quantitative estimate of drug-likeness (QED) is 0.645. The van der Waals surface area contributed by atoms with E-state index < -0.39 is 24.2 Å². The normalized spacial score (nSPS) is 11.8. The number of alkyl halides is 3. The van der Waals surface area contributed by atoms with Crippen molar-refractivity contribution in [2.45, 2.75) is 32.9 Å². The van der Waals surface area contributed by atoms with Crippen molar-refractivity contribution in [3.05, 3.63) is 0 Å². The Kier molecular flexibility index (Phi) is 4.10. The van der Waals surface area contributed by atoms with Crippen LogP contribution in [0, 0.1) is 5.92 Å². The SMILES string of the molecule is CC(C)CC(=O)CC(=O)C(F)(F)F. The Morgan fingerprint density at radius 2 is 1.69 bits per heavy atom. The summed E-state index contributed by atoms with van der Waals surface area (Å²) in [5.74, 6) is -2.64. The largest absolute Gasteiger partial charge is 0.450 e. The van der Waals surface area contributed by atoms with Crippen LogP contribution >= 0.6 is 0 Å². The minimum absolute atomic E-state index is 0.0157. The number of hydrogen-bond donors (Lipinski definition) is 0. The third-order valence-corrected chi connectivity index (χ3v) is 1.31. The second-order valence-electron chi connectivity index (χ2n) is 3.23. The highest BCUT2D eigenvalue weighted by atomic mass is 19.4. The van der Waals surface area contributed by atoms with E-state index in [9.17, 15) is 22.8 Å². The molecule has 0 aliphatic rings. The summed E-state index contributed by atoms with van der Waals surface area (Å²) >= 11 is 0. The van der Waals surface area contributed by atoms with Gasteiger partial charge in [0.25, 0.3) is 0 Å². The number of ketones is 2. The monoisotopic (exact) mass is 196 g/mol. The van der Waals surface area contributed by atoms with Gasteiger partial charge in [0.2, 0.25) is 5.78 Å². The minimum Gasteiger partial charge on any atom is -0.299 e. The molecule has 0 rings (SSSR count). The smallest absolute Gasteiger partial charge is 0.299 e. The van der Waals surface area contributed by atoms with E-state index in [1.54, 1.807) is 13.8 Å². The molecule has 0 spiro atoms. The second-order valence-corrected chi connectivity index (χ2v) is 3.23. The summed E-state index contributed by atoms with van der Waals surface area (Å²) < 4.78 is 34.9. The van der Waals surface area contributed by atoms with Crippen LogP contribution in [0.5, 0.6) is 0 Å². The highest BCUT2D eigenvalue weighted by Gasteiger charge is 2.38. The van der Waals surface area contributed by atoms with Crippen molar-refractivity contribution < 1.29 is 22.8 Å². The lowest BCUT2D eigenvalue weighted by atomic mass is 10.0. The van der Waals surface area contributed by atoms with Gasteiger partial charge in [-0.1, -0.05) is 13.8 Å². The molecule has 0 aromatic rings. The van der Waals surface area contributed by atoms with E-state index in [-0.39, 0.29) is 12.3 Å². The van der Waals surface area contributed by atoms with Gasteiger partial charge in [-0.3, -0.25) is 9.59 Å². The Balaban J connectivity index is 4.01. The van der Waals surface area contributed by atoms with Crippen LogP contribution in [0.2, 0.25) is 0 Å². The first-order valence-electron chi connectivity index (χ1n) is 3.85. The third kappa shape index (κ3) is 5.38. The molecule has 0 aromatic carbocycles. The molecule has 0 heterocycles. The van der Waals surface area contributed by atoms with Crippen LogP contribution in [0.4, 0.5) is 13.2 Å². The molecule has 0 unspecified atom stereocenters. The van der Waals surface area contributed by atoms with Crippen LogP contribution in [0.3, 0.4) is 0 Å². The summed E-state index contributed by atoms with van der Waals surface area (Å²) in [4.78, 5) is 21.1. The lowest BCUT2D eigenvalue weighted by molar-refractivity contribution is -0.171. The van der Waals surface area contributed by atoms with Crippen molar-refractivity contribution in [2.24, 2.45) is 5.92 Å². The fourth-order valence-corrected chi connectivity index (χ4v) is 0.807. The Bertz CT molecular complexity index is 206. The zero-order valence-electron chi connectivity index (χ0n) is 7.44. The molecule has 5 heteroatoms. The standard InChI is InChI=1S/C8H11F3O2/c1-5(2)3-6(12)4-7(13)8(9,10)11/h5H,3-4H2,1-2H3. The highest BCUT2D eigenvalue weighted by molar-refractivity contribution is 6.01. The van der Waals surface area contributed by atoms with Crippen molar-refractivity contribution in [3.63, 3.8) is 0 Å². The van der Waals surface area contributed by atoms with Crippen molar-refractivity contribution >= 4 is 11.6 Å². The number of rotatable bonds is 4.